The van der Waals surface area contributed by atoms with Crippen LogP contribution in [0.3, 0.4) is 0 Å². The Morgan fingerprint density at radius 3 is 2.96 bits per heavy atom. The molecule has 3 aromatic heterocycles. The van der Waals surface area contributed by atoms with Gasteiger partial charge in [0.25, 0.3) is 0 Å². The molecular formula is C18H18N4O2. The zero-order chi connectivity index (χ0) is 16.7. The number of aromatic nitrogens is 4. The summed E-state index contributed by atoms with van der Waals surface area (Å²) in [6, 6.07) is 3.83. The van der Waals surface area contributed by atoms with Gasteiger partial charge in [-0.05, 0) is 43.5 Å². The van der Waals surface area contributed by atoms with Gasteiger partial charge in [-0.25, -0.2) is 9.67 Å². The van der Waals surface area contributed by atoms with Crippen LogP contribution in [0.25, 0.3) is 22.3 Å². The Balaban J connectivity index is 1.83. The van der Waals surface area contributed by atoms with Crippen LogP contribution >= 0.6 is 0 Å². The standard InChI is InChI=1S/C18H18N4O2/c1-12-16(13-3-2-4-14(24)9-13)10-22(20-12)17-5-7-19-18-15(17)6-8-21(18)11-23/h5-10,23H,2-4,11H2,1H3. The largest absolute Gasteiger partial charge is 0.376 e. The van der Waals surface area contributed by atoms with E-state index in [4.69, 9.17) is 0 Å². The average Bonchev–Trinajstić information content (AvgIpc) is 3.18. The molecule has 0 amide bonds. The van der Waals surface area contributed by atoms with Crippen LogP contribution in [-0.2, 0) is 11.5 Å². The van der Waals surface area contributed by atoms with Gasteiger partial charge >= 0.3 is 0 Å². The number of ketones is 1. The van der Waals surface area contributed by atoms with Crippen LogP contribution in [0.2, 0.25) is 0 Å². The summed E-state index contributed by atoms with van der Waals surface area (Å²) in [6.45, 7) is 1.85. The lowest BCUT2D eigenvalue weighted by Gasteiger charge is -2.10. The topological polar surface area (TPSA) is 72.9 Å². The van der Waals surface area contributed by atoms with Crippen molar-refractivity contribution in [1.29, 1.82) is 0 Å². The number of rotatable bonds is 3. The van der Waals surface area contributed by atoms with Crippen molar-refractivity contribution in [3.05, 3.63) is 48.1 Å². The minimum absolute atomic E-state index is 0.113. The van der Waals surface area contributed by atoms with E-state index in [9.17, 15) is 9.90 Å². The predicted octanol–water partition coefficient (Wildman–Crippen LogP) is 2.62. The molecule has 0 bridgehead atoms. The highest BCUT2D eigenvalue weighted by molar-refractivity contribution is 5.98. The molecule has 122 valence electrons. The van der Waals surface area contributed by atoms with Crippen molar-refractivity contribution >= 4 is 22.4 Å². The number of aliphatic hydroxyl groups is 1. The van der Waals surface area contributed by atoms with E-state index in [1.54, 1.807) is 23.0 Å². The van der Waals surface area contributed by atoms with E-state index < -0.39 is 0 Å². The maximum atomic E-state index is 11.7. The molecule has 0 aliphatic heterocycles. The lowest BCUT2D eigenvalue weighted by Crippen LogP contribution is -2.02. The molecule has 1 aliphatic rings. The van der Waals surface area contributed by atoms with E-state index in [1.807, 2.05) is 29.9 Å². The third kappa shape index (κ3) is 2.35. The molecule has 24 heavy (non-hydrogen) atoms. The first-order valence-corrected chi connectivity index (χ1v) is 8.02. The average molecular weight is 322 g/mol. The second-order valence-corrected chi connectivity index (χ2v) is 6.06. The molecule has 1 N–H and O–H groups in total. The number of hydrogen-bond acceptors (Lipinski definition) is 4. The van der Waals surface area contributed by atoms with E-state index >= 15 is 0 Å². The summed E-state index contributed by atoms with van der Waals surface area (Å²) in [4.78, 5) is 16.0. The number of aryl methyl sites for hydroxylation is 1. The molecule has 0 saturated carbocycles. The Morgan fingerprint density at radius 2 is 2.17 bits per heavy atom. The SMILES string of the molecule is Cc1nn(-c2ccnc3c2ccn3CO)cc1C1=CC(=O)CCC1. The Kier molecular flexibility index (Phi) is 3.54. The molecule has 0 unspecified atom stereocenters. The van der Waals surface area contributed by atoms with E-state index in [1.165, 1.54) is 0 Å². The zero-order valence-corrected chi connectivity index (χ0v) is 13.4. The third-order valence-electron chi connectivity index (χ3n) is 4.49. The van der Waals surface area contributed by atoms with Crippen molar-refractivity contribution in [2.45, 2.75) is 32.9 Å². The first-order chi connectivity index (χ1) is 11.7. The molecule has 6 nitrogen and oxygen atoms in total. The minimum Gasteiger partial charge on any atom is -0.376 e. The van der Waals surface area contributed by atoms with Gasteiger partial charge in [-0.2, -0.15) is 5.10 Å². The fraction of sp³-hybridized carbons (Fsp3) is 0.278. The van der Waals surface area contributed by atoms with E-state index in [-0.39, 0.29) is 12.5 Å². The monoisotopic (exact) mass is 322 g/mol. The molecule has 3 aromatic rings. The van der Waals surface area contributed by atoms with Crippen LogP contribution in [-0.4, -0.2) is 30.2 Å². The van der Waals surface area contributed by atoms with E-state index in [0.717, 1.165) is 46.4 Å². The zero-order valence-electron chi connectivity index (χ0n) is 13.4. The normalized spacial score (nSPS) is 15.1. The van der Waals surface area contributed by atoms with Gasteiger partial charge in [-0.3, -0.25) is 4.79 Å². The second kappa shape index (κ2) is 5.72. The van der Waals surface area contributed by atoms with Crippen molar-refractivity contribution in [2.75, 3.05) is 0 Å². The Hall–Kier alpha value is -2.73. The number of fused-ring (bicyclic) bond motifs is 1. The van der Waals surface area contributed by atoms with Gasteiger partial charge in [0.05, 0.1) is 11.4 Å². The highest BCUT2D eigenvalue weighted by Crippen LogP contribution is 2.29. The van der Waals surface area contributed by atoms with E-state index in [0.29, 0.717) is 6.42 Å². The van der Waals surface area contributed by atoms with Crippen LogP contribution in [0, 0.1) is 6.92 Å². The van der Waals surface area contributed by atoms with Crippen LogP contribution in [0.15, 0.2) is 36.8 Å². The summed E-state index contributed by atoms with van der Waals surface area (Å²) < 4.78 is 3.51. The van der Waals surface area contributed by atoms with Gasteiger partial charge in [0.1, 0.15) is 12.4 Å². The molecule has 0 saturated heterocycles. The Bertz CT molecular complexity index is 965. The highest BCUT2D eigenvalue weighted by atomic mass is 16.3. The van der Waals surface area contributed by atoms with Crippen LogP contribution in [0.1, 0.15) is 30.5 Å². The van der Waals surface area contributed by atoms with Crippen molar-refractivity contribution in [3.8, 4) is 5.69 Å². The molecule has 1 aliphatic carbocycles. The fourth-order valence-corrected chi connectivity index (χ4v) is 3.29. The predicted molar refractivity (Wildman–Crippen MR) is 90.6 cm³/mol. The number of nitrogens with zero attached hydrogens (tertiary/aromatic N) is 4. The quantitative estimate of drug-likeness (QED) is 0.804. The van der Waals surface area contributed by atoms with Crippen molar-refractivity contribution in [2.24, 2.45) is 0 Å². The summed E-state index contributed by atoms with van der Waals surface area (Å²) >= 11 is 0. The number of carbonyl (C=O) groups excluding carboxylic acids is 1. The molecule has 0 aromatic carbocycles. The van der Waals surface area contributed by atoms with Crippen LogP contribution in [0.5, 0.6) is 0 Å². The highest BCUT2D eigenvalue weighted by Gasteiger charge is 2.17. The third-order valence-corrected chi connectivity index (χ3v) is 4.49. The molecule has 0 spiro atoms. The maximum Gasteiger partial charge on any atom is 0.155 e. The number of pyridine rings is 1. The lowest BCUT2D eigenvalue weighted by atomic mass is 9.93. The number of allylic oxidation sites excluding steroid dienone is 2. The molecule has 0 radical (unpaired) electrons. The molecule has 6 heteroatoms. The van der Waals surface area contributed by atoms with Gasteiger partial charge < -0.3 is 9.67 Å². The van der Waals surface area contributed by atoms with Gasteiger partial charge in [0.2, 0.25) is 0 Å². The van der Waals surface area contributed by atoms with Gasteiger partial charge in [0.15, 0.2) is 5.78 Å². The maximum absolute atomic E-state index is 11.7. The van der Waals surface area contributed by atoms with Crippen LogP contribution in [0.4, 0.5) is 0 Å². The number of aliphatic hydroxyl groups excluding tert-OH is 1. The van der Waals surface area contributed by atoms with Gasteiger partial charge in [-0.1, -0.05) is 0 Å². The van der Waals surface area contributed by atoms with Gasteiger partial charge in [0, 0.05) is 36.0 Å². The van der Waals surface area contributed by atoms with Crippen molar-refractivity contribution in [1.82, 2.24) is 19.3 Å². The smallest absolute Gasteiger partial charge is 0.155 e. The molecule has 4 rings (SSSR count). The molecule has 0 fully saturated rings. The summed E-state index contributed by atoms with van der Waals surface area (Å²) in [7, 11) is 0. The van der Waals surface area contributed by atoms with Crippen molar-refractivity contribution < 1.29 is 9.90 Å². The molecule has 0 atom stereocenters. The van der Waals surface area contributed by atoms with Gasteiger partial charge in [-0.15, -0.1) is 0 Å². The minimum atomic E-state index is -0.113. The summed E-state index contributed by atoms with van der Waals surface area (Å²) in [5.41, 5.74) is 4.62. The number of hydrogen-bond donors (Lipinski definition) is 1. The Morgan fingerprint density at radius 1 is 1.29 bits per heavy atom. The Labute approximate surface area is 139 Å². The molecule has 3 heterocycles. The molecular weight excluding hydrogens is 304 g/mol. The lowest BCUT2D eigenvalue weighted by molar-refractivity contribution is -0.114. The first-order valence-electron chi connectivity index (χ1n) is 8.02. The second-order valence-electron chi connectivity index (χ2n) is 6.06. The van der Waals surface area contributed by atoms with Crippen molar-refractivity contribution in [3.63, 3.8) is 0 Å². The van der Waals surface area contributed by atoms with Crippen LogP contribution < -0.4 is 0 Å². The summed E-state index contributed by atoms with van der Waals surface area (Å²) in [6.07, 6.45) is 9.69. The summed E-state index contributed by atoms with van der Waals surface area (Å²) in [5.74, 6) is 0.190. The fourth-order valence-electron chi connectivity index (χ4n) is 3.29. The number of carbonyl (C=O) groups is 1. The van der Waals surface area contributed by atoms with E-state index in [2.05, 4.69) is 10.1 Å². The summed E-state index contributed by atoms with van der Waals surface area (Å²) in [5, 5.41) is 14.9. The first kappa shape index (κ1) is 14.8.